The summed E-state index contributed by atoms with van der Waals surface area (Å²) in [7, 11) is 1.76. The Morgan fingerprint density at radius 3 is 2.39 bits per heavy atom. The highest BCUT2D eigenvalue weighted by atomic mass is 16.6. The summed E-state index contributed by atoms with van der Waals surface area (Å²) in [6, 6.07) is 14.8. The lowest BCUT2D eigenvalue weighted by Crippen LogP contribution is -2.55. The number of carbonyl (C=O) groups is 3. The van der Waals surface area contributed by atoms with Crippen molar-refractivity contribution >= 4 is 23.5 Å². The first-order valence-corrected chi connectivity index (χ1v) is 14.6. The van der Waals surface area contributed by atoms with Crippen molar-refractivity contribution < 1.29 is 24.3 Å². The van der Waals surface area contributed by atoms with Crippen LogP contribution in [0.5, 0.6) is 0 Å². The standard InChI is InChI=1S/C32H36N4O5/c1-33-26-16-6-4-2-3-5-11-20-18-32(20,31(39)40)34-29(37)27-17-21(19-36(27)30(26)38)41-35-28-24-14-9-7-12-22(24)23-13-8-10-15-25(23)28/h5,7-15,20-21,26-27,33H,2-4,6,16-19H2,1H3,(H,34,37)(H,39,40)/b11-5-/t20?,21-,26+,27+,32-/m1/s1. The van der Waals surface area contributed by atoms with E-state index in [-0.39, 0.29) is 24.8 Å². The van der Waals surface area contributed by atoms with Gasteiger partial charge in [-0.25, -0.2) is 4.79 Å². The van der Waals surface area contributed by atoms with Gasteiger partial charge in [0, 0.05) is 23.5 Å². The van der Waals surface area contributed by atoms with Gasteiger partial charge in [0.25, 0.3) is 0 Å². The molecule has 3 N–H and O–H groups in total. The fourth-order valence-corrected chi connectivity index (χ4v) is 6.49. The quantitative estimate of drug-likeness (QED) is 0.334. The molecule has 4 aliphatic rings. The van der Waals surface area contributed by atoms with Gasteiger partial charge >= 0.3 is 5.97 Å². The molecule has 2 aromatic carbocycles. The summed E-state index contributed by atoms with van der Waals surface area (Å²) in [6.07, 6.45) is 8.32. The van der Waals surface area contributed by atoms with Crippen LogP contribution >= 0.6 is 0 Å². The second kappa shape index (κ2) is 11.1. The van der Waals surface area contributed by atoms with E-state index in [2.05, 4.69) is 27.9 Å². The zero-order valence-electron chi connectivity index (χ0n) is 23.2. The fourth-order valence-electron chi connectivity index (χ4n) is 6.49. The van der Waals surface area contributed by atoms with Gasteiger partial charge in [-0.15, -0.1) is 0 Å². The molecule has 0 radical (unpaired) electrons. The van der Waals surface area contributed by atoms with Crippen LogP contribution in [0.25, 0.3) is 11.1 Å². The van der Waals surface area contributed by atoms with Gasteiger partial charge in [-0.2, -0.15) is 0 Å². The van der Waals surface area contributed by atoms with Crippen LogP contribution in [-0.2, 0) is 19.2 Å². The van der Waals surface area contributed by atoms with E-state index in [1.54, 1.807) is 11.9 Å². The molecule has 2 aromatic rings. The first kappa shape index (κ1) is 27.2. The van der Waals surface area contributed by atoms with Gasteiger partial charge in [-0.05, 0) is 43.9 Å². The third kappa shape index (κ3) is 5.03. The SMILES string of the molecule is CN[C@H]1CCCCC/C=C\C2C[C@@]2(C(=O)O)NC(=O)[C@@H]2C[C@@H](ON=C3c4ccccc4-c4ccccc43)CN2C1=O. The Hall–Kier alpha value is -3.98. The van der Waals surface area contributed by atoms with Gasteiger partial charge in [0.2, 0.25) is 11.8 Å². The second-order valence-electron chi connectivity index (χ2n) is 11.5. The van der Waals surface area contributed by atoms with E-state index in [1.165, 1.54) is 0 Å². The minimum atomic E-state index is -1.33. The summed E-state index contributed by atoms with van der Waals surface area (Å²) in [6.45, 7) is 0.193. The van der Waals surface area contributed by atoms with Crippen LogP contribution in [0.2, 0.25) is 0 Å². The Morgan fingerprint density at radius 2 is 1.73 bits per heavy atom. The van der Waals surface area contributed by atoms with Crippen LogP contribution < -0.4 is 10.6 Å². The lowest BCUT2D eigenvalue weighted by Gasteiger charge is -2.28. The molecular formula is C32H36N4O5. The molecule has 2 amide bonds. The maximum atomic E-state index is 13.7. The molecule has 0 bridgehead atoms. The van der Waals surface area contributed by atoms with E-state index in [1.807, 2.05) is 48.6 Å². The average molecular weight is 557 g/mol. The Kier molecular flexibility index (Phi) is 7.38. The molecule has 1 unspecified atom stereocenters. The minimum Gasteiger partial charge on any atom is -0.479 e. The summed E-state index contributed by atoms with van der Waals surface area (Å²) in [5.41, 5.74) is 3.51. The number of amides is 2. The number of rotatable bonds is 4. The summed E-state index contributed by atoms with van der Waals surface area (Å²) in [4.78, 5) is 47.3. The highest BCUT2D eigenvalue weighted by Gasteiger charge is 2.61. The number of likely N-dealkylation sites (N-methyl/N-ethyl adjacent to an activating group) is 1. The number of carboxylic acids is 1. The second-order valence-corrected chi connectivity index (χ2v) is 11.5. The Balaban J connectivity index is 1.27. The van der Waals surface area contributed by atoms with Crippen molar-refractivity contribution in [2.75, 3.05) is 13.6 Å². The maximum Gasteiger partial charge on any atom is 0.330 e. The number of carbonyl (C=O) groups excluding carboxylic acids is 2. The normalized spacial score (nSPS) is 30.1. The van der Waals surface area contributed by atoms with E-state index in [4.69, 9.17) is 4.84 Å². The van der Waals surface area contributed by atoms with Crippen molar-refractivity contribution in [1.29, 1.82) is 0 Å². The maximum absolute atomic E-state index is 13.7. The monoisotopic (exact) mass is 556 g/mol. The third-order valence-corrected chi connectivity index (χ3v) is 8.92. The summed E-state index contributed by atoms with van der Waals surface area (Å²) in [5.74, 6) is -1.94. The van der Waals surface area contributed by atoms with Crippen molar-refractivity contribution in [3.05, 3.63) is 71.8 Å². The van der Waals surface area contributed by atoms with Crippen LogP contribution in [0.15, 0.2) is 65.8 Å². The molecule has 0 spiro atoms. The molecule has 1 saturated carbocycles. The molecule has 6 rings (SSSR count). The van der Waals surface area contributed by atoms with Crippen molar-refractivity contribution in [1.82, 2.24) is 15.5 Å². The average Bonchev–Trinajstić information content (AvgIpc) is 3.35. The highest BCUT2D eigenvalue weighted by Crippen LogP contribution is 2.45. The van der Waals surface area contributed by atoms with E-state index in [0.29, 0.717) is 12.8 Å². The van der Waals surface area contributed by atoms with Crippen molar-refractivity contribution in [3.8, 4) is 11.1 Å². The molecule has 41 heavy (non-hydrogen) atoms. The van der Waals surface area contributed by atoms with E-state index < -0.39 is 35.6 Å². The van der Waals surface area contributed by atoms with Crippen LogP contribution in [0.3, 0.4) is 0 Å². The number of benzene rings is 2. The third-order valence-electron chi connectivity index (χ3n) is 8.92. The minimum absolute atomic E-state index is 0.173. The van der Waals surface area contributed by atoms with Crippen molar-refractivity contribution in [2.45, 2.75) is 68.7 Å². The number of carboxylic acid groups (broad SMARTS) is 1. The topological polar surface area (TPSA) is 120 Å². The molecule has 214 valence electrons. The van der Waals surface area contributed by atoms with Gasteiger partial charge in [0.05, 0.1) is 12.6 Å². The van der Waals surface area contributed by atoms with E-state index in [0.717, 1.165) is 53.6 Å². The molecule has 2 fully saturated rings. The molecule has 2 aliphatic carbocycles. The molecule has 0 aromatic heterocycles. The highest BCUT2D eigenvalue weighted by molar-refractivity contribution is 6.24. The van der Waals surface area contributed by atoms with Gasteiger partial charge in [0.15, 0.2) is 0 Å². The predicted octanol–water partition coefficient (Wildman–Crippen LogP) is 3.47. The van der Waals surface area contributed by atoms with Crippen molar-refractivity contribution in [2.24, 2.45) is 11.1 Å². The number of hydrogen-bond acceptors (Lipinski definition) is 6. The number of allylic oxidation sites excluding steroid dienone is 1. The van der Waals surface area contributed by atoms with E-state index >= 15 is 0 Å². The number of hydrogen-bond donors (Lipinski definition) is 3. The molecular weight excluding hydrogens is 520 g/mol. The summed E-state index contributed by atoms with van der Waals surface area (Å²) >= 11 is 0. The summed E-state index contributed by atoms with van der Waals surface area (Å²) in [5, 5.41) is 20.5. The smallest absolute Gasteiger partial charge is 0.330 e. The van der Waals surface area contributed by atoms with E-state index in [9.17, 15) is 19.5 Å². The van der Waals surface area contributed by atoms with Gasteiger partial charge in [-0.1, -0.05) is 78.7 Å². The van der Waals surface area contributed by atoms with Gasteiger partial charge in [0.1, 0.15) is 23.4 Å². The molecule has 9 heteroatoms. The lowest BCUT2D eigenvalue weighted by atomic mass is 10.1. The first-order chi connectivity index (χ1) is 19.9. The van der Waals surface area contributed by atoms with Crippen molar-refractivity contribution in [3.63, 3.8) is 0 Å². The number of fused-ring (bicyclic) bond motifs is 5. The number of aliphatic carboxylic acids is 1. The van der Waals surface area contributed by atoms with Crippen LogP contribution in [0.1, 0.15) is 56.1 Å². The van der Waals surface area contributed by atoms with Crippen LogP contribution in [-0.4, -0.2) is 70.8 Å². The van der Waals surface area contributed by atoms with Gasteiger partial charge < -0.3 is 25.5 Å². The van der Waals surface area contributed by atoms with Gasteiger partial charge in [-0.3, -0.25) is 9.59 Å². The molecule has 2 heterocycles. The Bertz CT molecular complexity index is 1370. The fraction of sp³-hybridized carbons (Fsp3) is 0.438. The Labute approximate surface area is 239 Å². The molecule has 9 nitrogen and oxygen atoms in total. The molecule has 5 atom stereocenters. The largest absolute Gasteiger partial charge is 0.479 e. The molecule has 1 saturated heterocycles. The lowest BCUT2D eigenvalue weighted by molar-refractivity contribution is -0.145. The van der Waals surface area contributed by atoms with Crippen LogP contribution in [0.4, 0.5) is 0 Å². The zero-order chi connectivity index (χ0) is 28.6. The molecule has 2 aliphatic heterocycles. The first-order valence-electron chi connectivity index (χ1n) is 14.6. The summed E-state index contributed by atoms with van der Waals surface area (Å²) < 4.78 is 0. The number of oxime groups is 1. The predicted molar refractivity (Wildman–Crippen MR) is 154 cm³/mol. The Morgan fingerprint density at radius 1 is 1.05 bits per heavy atom. The zero-order valence-corrected chi connectivity index (χ0v) is 23.2. The van der Waals surface area contributed by atoms with Crippen LogP contribution in [0, 0.1) is 5.92 Å². The number of nitrogens with one attached hydrogen (secondary N) is 2. The number of nitrogens with zero attached hydrogens (tertiary/aromatic N) is 2.